The van der Waals surface area contributed by atoms with Gasteiger partial charge < -0.3 is 15.6 Å². The second kappa shape index (κ2) is 7.47. The molecule has 134 valence electrons. The smallest absolute Gasteiger partial charge is 0.312 e. The van der Waals surface area contributed by atoms with Gasteiger partial charge in [-0.1, -0.05) is 11.6 Å². The molecule has 0 spiro atoms. The van der Waals surface area contributed by atoms with Gasteiger partial charge in [-0.25, -0.2) is 9.37 Å². The Bertz CT molecular complexity index is 796. The average molecular weight is 367 g/mol. The van der Waals surface area contributed by atoms with E-state index in [2.05, 4.69) is 4.98 Å². The summed E-state index contributed by atoms with van der Waals surface area (Å²) in [4.78, 5) is 16.3. The molecule has 0 aliphatic heterocycles. The molecule has 0 aliphatic carbocycles. The van der Waals surface area contributed by atoms with Gasteiger partial charge in [0.25, 0.3) is 0 Å². The second-order valence-corrected chi connectivity index (χ2v) is 6.43. The van der Waals surface area contributed by atoms with Crippen molar-refractivity contribution in [2.24, 2.45) is 5.73 Å². The number of ether oxygens (including phenoxy) is 1. The van der Waals surface area contributed by atoms with E-state index in [4.69, 9.17) is 22.1 Å². The Morgan fingerprint density at radius 2 is 2.12 bits per heavy atom. The fraction of sp³-hybridized carbons (Fsp3) is 0.333. The Morgan fingerprint density at radius 1 is 1.44 bits per heavy atom. The third kappa shape index (κ3) is 4.15. The number of methoxy groups -OCH3 is 1. The number of nitrogens with two attached hydrogens (primary N) is 1. The van der Waals surface area contributed by atoms with Gasteiger partial charge in [-0.05, 0) is 49.7 Å². The summed E-state index contributed by atoms with van der Waals surface area (Å²) in [6, 6.07) is 7.49. The zero-order valence-electron chi connectivity index (χ0n) is 14.2. The highest BCUT2D eigenvalue weighted by atomic mass is 35.5. The van der Waals surface area contributed by atoms with Crippen LogP contribution in [-0.4, -0.2) is 29.7 Å². The van der Waals surface area contributed by atoms with E-state index < -0.39 is 23.3 Å². The van der Waals surface area contributed by atoms with Crippen LogP contribution in [0.25, 0.3) is 11.3 Å². The van der Waals surface area contributed by atoms with E-state index in [0.717, 1.165) is 0 Å². The summed E-state index contributed by atoms with van der Waals surface area (Å²) in [6.45, 7) is 3.16. The van der Waals surface area contributed by atoms with Gasteiger partial charge in [-0.3, -0.25) is 4.79 Å². The molecular formula is C18H20ClFN2O3. The second-order valence-electron chi connectivity index (χ2n) is 6.02. The number of halogens is 2. The third-order valence-electron chi connectivity index (χ3n) is 4.07. The lowest BCUT2D eigenvalue weighted by molar-refractivity contribution is -0.142. The Labute approximate surface area is 150 Å². The van der Waals surface area contributed by atoms with Crippen molar-refractivity contribution in [2.75, 3.05) is 13.7 Å². The zero-order chi connectivity index (χ0) is 18.8. The topological polar surface area (TPSA) is 85.4 Å². The average Bonchev–Trinajstić information content (AvgIpc) is 2.62. The maximum atomic E-state index is 13.4. The molecule has 1 aromatic carbocycles. The maximum absolute atomic E-state index is 13.4. The third-order valence-corrected chi connectivity index (χ3v) is 4.36. The Balaban J connectivity index is 2.64. The predicted octanol–water partition coefficient (Wildman–Crippen LogP) is 2.98. The highest BCUT2D eigenvalue weighted by Gasteiger charge is 2.26. The number of carbonyl (C=O) groups is 1. The summed E-state index contributed by atoms with van der Waals surface area (Å²) >= 11 is 5.85. The zero-order valence-corrected chi connectivity index (χ0v) is 15.0. The Morgan fingerprint density at radius 3 is 2.68 bits per heavy atom. The molecule has 2 unspecified atom stereocenters. The first kappa shape index (κ1) is 19.3. The van der Waals surface area contributed by atoms with Gasteiger partial charge in [0.15, 0.2) is 0 Å². The maximum Gasteiger partial charge on any atom is 0.312 e. The molecular weight excluding hydrogens is 347 g/mol. The number of carbonyl (C=O) groups excluding carboxylic acids is 1. The minimum Gasteiger partial charge on any atom is -0.469 e. The largest absolute Gasteiger partial charge is 0.469 e. The van der Waals surface area contributed by atoms with Gasteiger partial charge in [-0.2, -0.15) is 0 Å². The molecule has 0 saturated carbocycles. The minimum atomic E-state index is -1.38. The first-order chi connectivity index (χ1) is 11.7. The van der Waals surface area contributed by atoms with E-state index in [1.165, 1.54) is 32.2 Å². The number of esters is 1. The SMILES string of the molecule is COC(=O)C(C)c1cc(-c2ccc(F)c(Cl)c2)nc(C(C)(O)CN)c1. The van der Waals surface area contributed by atoms with Gasteiger partial charge in [0.05, 0.1) is 29.4 Å². The van der Waals surface area contributed by atoms with Crippen LogP contribution in [0.15, 0.2) is 30.3 Å². The number of aliphatic hydroxyl groups is 1. The Hall–Kier alpha value is -2.02. The molecule has 0 amide bonds. The molecule has 1 aromatic heterocycles. The van der Waals surface area contributed by atoms with E-state index in [-0.39, 0.29) is 11.6 Å². The van der Waals surface area contributed by atoms with Crippen LogP contribution in [0, 0.1) is 5.82 Å². The Kier molecular flexibility index (Phi) is 5.77. The van der Waals surface area contributed by atoms with Crippen LogP contribution < -0.4 is 5.73 Å². The van der Waals surface area contributed by atoms with Crippen molar-refractivity contribution >= 4 is 17.6 Å². The number of hydrogen-bond donors (Lipinski definition) is 2. The fourth-order valence-electron chi connectivity index (χ4n) is 2.30. The highest BCUT2D eigenvalue weighted by Crippen LogP contribution is 2.30. The number of nitrogens with zero attached hydrogens (tertiary/aromatic N) is 1. The molecule has 0 aliphatic rings. The number of aromatic nitrogens is 1. The molecule has 2 aromatic rings. The lowest BCUT2D eigenvalue weighted by atomic mass is 9.93. The van der Waals surface area contributed by atoms with Crippen molar-refractivity contribution in [3.8, 4) is 11.3 Å². The molecule has 2 rings (SSSR count). The lowest BCUT2D eigenvalue weighted by Crippen LogP contribution is -2.32. The number of benzene rings is 1. The van der Waals surface area contributed by atoms with Gasteiger partial charge in [0.2, 0.25) is 0 Å². The van der Waals surface area contributed by atoms with Gasteiger partial charge in [0, 0.05) is 12.1 Å². The molecule has 5 nitrogen and oxygen atoms in total. The monoisotopic (exact) mass is 366 g/mol. The van der Waals surface area contributed by atoms with Crippen molar-refractivity contribution in [3.05, 3.63) is 52.4 Å². The molecule has 3 N–H and O–H groups in total. The molecule has 0 radical (unpaired) electrons. The fourth-order valence-corrected chi connectivity index (χ4v) is 2.48. The van der Waals surface area contributed by atoms with Crippen LogP contribution in [0.2, 0.25) is 5.02 Å². The van der Waals surface area contributed by atoms with Crippen LogP contribution in [0.3, 0.4) is 0 Å². The minimum absolute atomic E-state index is 0.0437. The van der Waals surface area contributed by atoms with Crippen molar-refractivity contribution in [1.29, 1.82) is 0 Å². The molecule has 1 heterocycles. The lowest BCUT2D eigenvalue weighted by Gasteiger charge is -2.23. The van der Waals surface area contributed by atoms with E-state index in [1.807, 2.05) is 0 Å². The summed E-state index contributed by atoms with van der Waals surface area (Å²) in [5.74, 6) is -1.54. The number of pyridine rings is 1. The summed E-state index contributed by atoms with van der Waals surface area (Å²) in [7, 11) is 1.30. The first-order valence-electron chi connectivity index (χ1n) is 7.67. The standard InChI is InChI=1S/C18H20ClFN2O3/c1-10(17(23)25-3)12-7-15(11-4-5-14(20)13(19)6-11)22-16(8-12)18(2,24)9-21/h4-8,10,24H,9,21H2,1-3H3. The number of rotatable bonds is 5. The van der Waals surface area contributed by atoms with Crippen molar-refractivity contribution in [2.45, 2.75) is 25.4 Å². The normalized spacial score (nSPS) is 14.7. The van der Waals surface area contributed by atoms with E-state index in [0.29, 0.717) is 22.5 Å². The van der Waals surface area contributed by atoms with E-state index in [1.54, 1.807) is 19.1 Å². The molecule has 7 heteroatoms. The van der Waals surface area contributed by atoms with Crippen LogP contribution in [0.1, 0.15) is 31.0 Å². The van der Waals surface area contributed by atoms with E-state index >= 15 is 0 Å². The first-order valence-corrected chi connectivity index (χ1v) is 8.05. The molecule has 0 bridgehead atoms. The van der Waals surface area contributed by atoms with Crippen molar-refractivity contribution in [3.63, 3.8) is 0 Å². The number of hydrogen-bond acceptors (Lipinski definition) is 5. The predicted molar refractivity (Wildman–Crippen MR) is 93.7 cm³/mol. The van der Waals surface area contributed by atoms with Gasteiger partial charge >= 0.3 is 5.97 Å². The summed E-state index contributed by atoms with van der Waals surface area (Å²) in [6.07, 6.45) is 0. The molecule has 2 atom stereocenters. The quantitative estimate of drug-likeness (QED) is 0.794. The molecule has 0 saturated heterocycles. The molecule has 0 fully saturated rings. The van der Waals surface area contributed by atoms with Crippen molar-refractivity contribution in [1.82, 2.24) is 4.98 Å². The van der Waals surface area contributed by atoms with Crippen LogP contribution in [0.4, 0.5) is 4.39 Å². The summed E-state index contributed by atoms with van der Waals surface area (Å²) < 4.78 is 18.2. The molecule has 25 heavy (non-hydrogen) atoms. The van der Waals surface area contributed by atoms with Gasteiger partial charge in [0.1, 0.15) is 11.4 Å². The van der Waals surface area contributed by atoms with E-state index in [9.17, 15) is 14.3 Å². The van der Waals surface area contributed by atoms with Crippen LogP contribution in [0.5, 0.6) is 0 Å². The summed E-state index contributed by atoms with van der Waals surface area (Å²) in [5, 5.41) is 10.4. The summed E-state index contributed by atoms with van der Waals surface area (Å²) in [5.41, 5.74) is 6.15. The van der Waals surface area contributed by atoms with Crippen molar-refractivity contribution < 1.29 is 19.0 Å². The van der Waals surface area contributed by atoms with Crippen LogP contribution >= 0.6 is 11.6 Å². The van der Waals surface area contributed by atoms with Gasteiger partial charge in [-0.15, -0.1) is 0 Å². The van der Waals surface area contributed by atoms with Crippen LogP contribution in [-0.2, 0) is 15.1 Å². The highest BCUT2D eigenvalue weighted by molar-refractivity contribution is 6.31.